The molecule has 0 radical (unpaired) electrons. The maximum absolute atomic E-state index is 11.4. The van der Waals surface area contributed by atoms with E-state index in [1.807, 2.05) is 30.3 Å². The summed E-state index contributed by atoms with van der Waals surface area (Å²) in [6.07, 6.45) is 2.38. The average molecular weight is 349 g/mol. The third kappa shape index (κ3) is 3.31. The van der Waals surface area contributed by atoms with Crippen molar-refractivity contribution in [2.24, 2.45) is 0 Å². The van der Waals surface area contributed by atoms with Gasteiger partial charge in [0.25, 0.3) is 5.69 Å². The van der Waals surface area contributed by atoms with Crippen LogP contribution in [0.1, 0.15) is 64.2 Å². The molecule has 26 heavy (non-hydrogen) atoms. The van der Waals surface area contributed by atoms with Crippen LogP contribution in [0, 0.1) is 4.91 Å². The first-order chi connectivity index (χ1) is 12.1. The summed E-state index contributed by atoms with van der Waals surface area (Å²) in [4.78, 5) is 11.4. The maximum atomic E-state index is 11.4. The van der Waals surface area contributed by atoms with E-state index in [1.54, 1.807) is 0 Å². The van der Waals surface area contributed by atoms with Gasteiger partial charge in [0, 0.05) is 21.8 Å². The fourth-order valence-electron chi connectivity index (χ4n) is 3.83. The fourth-order valence-corrected chi connectivity index (χ4v) is 3.83. The molecule has 0 fully saturated rings. The molecule has 3 rings (SSSR count). The van der Waals surface area contributed by atoms with E-state index in [9.17, 15) is 4.91 Å². The van der Waals surface area contributed by atoms with Crippen LogP contribution < -0.4 is 10.5 Å². The molecular formula is C23H29N2O+. The molecule has 1 aliphatic rings. The molecule has 2 N–H and O–H groups in total. The first kappa shape index (κ1) is 18.4. The van der Waals surface area contributed by atoms with Crippen LogP contribution in [0.4, 0.5) is 17.1 Å². The molecule has 2 aromatic carbocycles. The van der Waals surface area contributed by atoms with E-state index in [0.29, 0.717) is 5.69 Å². The number of anilines is 2. The topological polar surface area (TPSA) is 43.1 Å². The zero-order valence-electron chi connectivity index (χ0n) is 16.5. The monoisotopic (exact) mass is 349 g/mol. The molecule has 0 amide bonds. The highest BCUT2D eigenvalue weighted by Gasteiger charge is 2.36. The Hall–Kier alpha value is -2.42. The van der Waals surface area contributed by atoms with Gasteiger partial charge in [-0.25, -0.2) is 0 Å². The Bertz CT molecular complexity index is 878. The van der Waals surface area contributed by atoms with Crippen molar-refractivity contribution in [1.82, 2.24) is 0 Å². The van der Waals surface area contributed by atoms with Gasteiger partial charge < -0.3 is 5.32 Å². The fraction of sp³-hybridized carbons (Fsp3) is 0.391. The van der Waals surface area contributed by atoms with Crippen LogP contribution >= 0.6 is 0 Å². The molecule has 0 spiro atoms. The minimum atomic E-state index is 0.159. The molecule has 3 nitrogen and oxygen atoms in total. The van der Waals surface area contributed by atoms with Gasteiger partial charge in [0.15, 0.2) is 0 Å². The summed E-state index contributed by atoms with van der Waals surface area (Å²) < 4.78 is 0. The van der Waals surface area contributed by atoms with E-state index in [-0.39, 0.29) is 10.8 Å². The van der Waals surface area contributed by atoms with Crippen LogP contribution in [0.5, 0.6) is 0 Å². The first-order valence-electron chi connectivity index (χ1n) is 9.24. The van der Waals surface area contributed by atoms with Crippen molar-refractivity contribution in [3.8, 4) is 0 Å². The quantitative estimate of drug-likeness (QED) is 0.787. The van der Waals surface area contributed by atoms with Crippen LogP contribution in [-0.4, -0.2) is 0 Å². The number of benzene rings is 2. The van der Waals surface area contributed by atoms with Crippen molar-refractivity contribution >= 4 is 22.6 Å². The lowest BCUT2D eigenvalue weighted by Gasteiger charge is -2.42. The van der Waals surface area contributed by atoms with Crippen LogP contribution in [0.3, 0.4) is 0 Å². The number of fused-ring (bicyclic) bond motifs is 1. The second-order valence-corrected chi connectivity index (χ2v) is 8.80. The second-order valence-electron chi connectivity index (χ2n) is 8.80. The van der Waals surface area contributed by atoms with E-state index in [4.69, 9.17) is 0 Å². The molecule has 0 aliphatic heterocycles. The molecule has 0 aromatic heterocycles. The average Bonchev–Trinajstić information content (AvgIpc) is 2.59. The normalized spacial score (nSPS) is 17.3. The van der Waals surface area contributed by atoms with Gasteiger partial charge in [0.05, 0.1) is 0 Å². The van der Waals surface area contributed by atoms with Crippen LogP contribution in [-0.2, 0) is 10.8 Å². The van der Waals surface area contributed by atoms with Gasteiger partial charge in [-0.15, -0.1) is 0 Å². The van der Waals surface area contributed by atoms with Gasteiger partial charge in [-0.2, -0.15) is 0 Å². The molecule has 0 heterocycles. The Morgan fingerprint density at radius 2 is 1.65 bits per heavy atom. The van der Waals surface area contributed by atoms with Crippen LogP contribution in [0.25, 0.3) is 5.57 Å². The highest BCUT2D eigenvalue weighted by atomic mass is 16.3. The summed E-state index contributed by atoms with van der Waals surface area (Å²) in [6, 6.07) is 12.4. The number of allylic oxidation sites excluding steroid dienone is 1. The Balaban J connectivity index is 2.00. The van der Waals surface area contributed by atoms with E-state index in [0.717, 1.165) is 22.5 Å². The molecule has 0 unspecified atom stereocenters. The molecule has 0 saturated carbocycles. The summed E-state index contributed by atoms with van der Waals surface area (Å²) >= 11 is 0. The predicted molar refractivity (Wildman–Crippen MR) is 110 cm³/mol. The van der Waals surface area contributed by atoms with E-state index in [1.165, 1.54) is 24.0 Å². The highest BCUT2D eigenvalue weighted by Crippen LogP contribution is 2.46. The molecule has 2 aromatic rings. The number of nitroso groups, excluding NO2 is 1. The molecular weight excluding hydrogens is 320 g/mol. The number of rotatable bonds is 4. The zero-order chi connectivity index (χ0) is 19.1. The van der Waals surface area contributed by atoms with Gasteiger partial charge in [0.1, 0.15) is 5.69 Å². The Morgan fingerprint density at radius 3 is 2.27 bits per heavy atom. The summed E-state index contributed by atoms with van der Waals surface area (Å²) in [7, 11) is 0. The Kier molecular flexibility index (Phi) is 4.51. The SMILES string of the molecule is C=C(C)c1ccc(Nc2ccc3c(c2)C(C)(C)CCC3(C)C)c([NH+]=O)c1. The smallest absolute Gasteiger partial charge is 0.277 e. The van der Waals surface area contributed by atoms with Crippen molar-refractivity contribution in [1.29, 1.82) is 0 Å². The predicted octanol–water partition coefficient (Wildman–Crippen LogP) is 5.29. The van der Waals surface area contributed by atoms with Crippen molar-refractivity contribution in [2.75, 3.05) is 5.32 Å². The lowest BCUT2D eigenvalue weighted by atomic mass is 9.63. The van der Waals surface area contributed by atoms with E-state index >= 15 is 0 Å². The third-order valence-electron chi connectivity index (χ3n) is 5.75. The summed E-state index contributed by atoms with van der Waals surface area (Å²) in [5, 5.41) is 5.46. The van der Waals surface area contributed by atoms with Crippen molar-refractivity contribution in [3.05, 3.63) is 64.6 Å². The van der Waals surface area contributed by atoms with Crippen molar-refractivity contribution in [2.45, 2.75) is 58.3 Å². The van der Waals surface area contributed by atoms with E-state index < -0.39 is 0 Å². The van der Waals surface area contributed by atoms with Crippen molar-refractivity contribution in [3.63, 3.8) is 0 Å². The summed E-state index contributed by atoms with van der Waals surface area (Å²) in [5.74, 6) is 0. The van der Waals surface area contributed by atoms with Gasteiger partial charge in [-0.05, 0) is 65.5 Å². The minimum absolute atomic E-state index is 0.159. The van der Waals surface area contributed by atoms with Gasteiger partial charge in [-0.1, -0.05) is 52.0 Å². The maximum Gasteiger partial charge on any atom is 0.277 e. The lowest BCUT2D eigenvalue weighted by Crippen LogP contribution is -2.56. The van der Waals surface area contributed by atoms with Gasteiger partial charge in [-0.3, -0.25) is 0 Å². The minimum Gasteiger partial charge on any atom is -0.350 e. The third-order valence-corrected chi connectivity index (χ3v) is 5.75. The zero-order valence-corrected chi connectivity index (χ0v) is 16.5. The second kappa shape index (κ2) is 6.39. The number of hydrogen-bond donors (Lipinski definition) is 2. The summed E-state index contributed by atoms with van der Waals surface area (Å²) in [5.41, 5.74) is 7.40. The molecule has 1 aliphatic carbocycles. The first-order valence-corrected chi connectivity index (χ1v) is 9.24. The Morgan fingerprint density at radius 1 is 1.00 bits per heavy atom. The van der Waals surface area contributed by atoms with Gasteiger partial charge in [0.2, 0.25) is 0 Å². The van der Waals surface area contributed by atoms with Crippen LogP contribution in [0.2, 0.25) is 0 Å². The van der Waals surface area contributed by atoms with E-state index in [2.05, 4.69) is 57.8 Å². The Labute approximate surface area is 156 Å². The molecule has 136 valence electrons. The standard InChI is InChI=1S/C23H28N2O/c1-15(2)16-7-10-20(21(13-16)25-26)24-17-8-9-18-19(14-17)23(5,6)12-11-22(18,3)4/h7-10,13-14,24H,1,11-12H2,2-6H3/p+1. The largest absolute Gasteiger partial charge is 0.350 e. The summed E-state index contributed by atoms with van der Waals surface area (Å²) in [6.45, 7) is 15.2. The van der Waals surface area contributed by atoms with Gasteiger partial charge >= 0.3 is 0 Å². The van der Waals surface area contributed by atoms with Crippen molar-refractivity contribution < 1.29 is 5.18 Å². The molecule has 3 heteroatoms. The highest BCUT2D eigenvalue weighted by molar-refractivity contribution is 5.74. The lowest BCUT2D eigenvalue weighted by molar-refractivity contribution is -0.378. The van der Waals surface area contributed by atoms with Crippen LogP contribution in [0.15, 0.2) is 43.0 Å². The number of nitrogens with one attached hydrogen (secondary N) is 2. The molecule has 0 bridgehead atoms. The molecule has 0 atom stereocenters. The molecule has 0 saturated heterocycles. The number of hydrogen-bond acceptors (Lipinski definition) is 2.